The number of thiophene rings is 1. The van der Waals surface area contributed by atoms with Gasteiger partial charge < -0.3 is 4.98 Å². The molecule has 92 valence electrons. The van der Waals surface area contributed by atoms with E-state index in [1.165, 1.54) is 4.57 Å². The van der Waals surface area contributed by atoms with Gasteiger partial charge in [-0.2, -0.15) is 0 Å². The van der Waals surface area contributed by atoms with Crippen LogP contribution in [0.2, 0.25) is 0 Å². The minimum atomic E-state index is -0.457. The standard InChI is InChI=1S/C11H10N4O2S/c1-15-9-8(10(16)14-11(15)17)12-7(13-9)5-6-3-2-4-18-6/h2-4H,5H2,1H3,(H,12,13)(H,14,16,17). The molecule has 3 aromatic heterocycles. The minimum Gasteiger partial charge on any atom is -0.336 e. The van der Waals surface area contributed by atoms with Gasteiger partial charge in [-0.3, -0.25) is 14.3 Å². The summed E-state index contributed by atoms with van der Waals surface area (Å²) in [6.45, 7) is 0. The van der Waals surface area contributed by atoms with Crippen LogP contribution in [-0.4, -0.2) is 19.5 Å². The highest BCUT2D eigenvalue weighted by molar-refractivity contribution is 7.09. The number of rotatable bonds is 2. The number of hydrogen-bond donors (Lipinski definition) is 2. The summed E-state index contributed by atoms with van der Waals surface area (Å²) in [5.74, 6) is 0.680. The molecule has 0 amide bonds. The van der Waals surface area contributed by atoms with E-state index in [-0.39, 0.29) is 0 Å². The maximum Gasteiger partial charge on any atom is 0.329 e. The van der Waals surface area contributed by atoms with Crippen LogP contribution in [0.1, 0.15) is 10.7 Å². The fourth-order valence-electron chi connectivity index (χ4n) is 1.81. The lowest BCUT2D eigenvalue weighted by atomic mass is 10.3. The predicted molar refractivity (Wildman–Crippen MR) is 69.1 cm³/mol. The van der Waals surface area contributed by atoms with Crippen LogP contribution in [0.25, 0.3) is 11.2 Å². The van der Waals surface area contributed by atoms with Gasteiger partial charge >= 0.3 is 5.69 Å². The Morgan fingerprint density at radius 3 is 2.94 bits per heavy atom. The highest BCUT2D eigenvalue weighted by atomic mass is 32.1. The summed E-state index contributed by atoms with van der Waals surface area (Å²) >= 11 is 1.62. The molecule has 0 aliphatic carbocycles. The minimum absolute atomic E-state index is 0.337. The van der Waals surface area contributed by atoms with Gasteiger partial charge in [0.1, 0.15) is 11.3 Å². The van der Waals surface area contributed by atoms with E-state index in [1.807, 2.05) is 17.5 Å². The second kappa shape index (κ2) is 3.95. The van der Waals surface area contributed by atoms with E-state index in [9.17, 15) is 9.59 Å². The summed E-state index contributed by atoms with van der Waals surface area (Å²) in [6, 6.07) is 3.96. The van der Waals surface area contributed by atoms with Crippen molar-refractivity contribution in [3.8, 4) is 0 Å². The van der Waals surface area contributed by atoms with Gasteiger partial charge in [-0.05, 0) is 11.4 Å². The number of nitrogens with zero attached hydrogens (tertiary/aromatic N) is 2. The van der Waals surface area contributed by atoms with Crippen molar-refractivity contribution in [3.63, 3.8) is 0 Å². The molecule has 0 spiro atoms. The van der Waals surface area contributed by atoms with E-state index in [0.717, 1.165) is 4.88 Å². The zero-order valence-corrected chi connectivity index (χ0v) is 10.4. The molecule has 3 rings (SSSR count). The average Bonchev–Trinajstić information content (AvgIpc) is 2.96. The molecule has 0 fully saturated rings. The van der Waals surface area contributed by atoms with Crippen LogP contribution in [0.4, 0.5) is 0 Å². The molecule has 7 heteroatoms. The molecule has 6 nitrogen and oxygen atoms in total. The number of hydrogen-bond acceptors (Lipinski definition) is 4. The molecule has 0 unspecified atom stereocenters. The van der Waals surface area contributed by atoms with Crippen LogP contribution in [-0.2, 0) is 13.5 Å². The average molecular weight is 262 g/mol. The third-order valence-corrected chi connectivity index (χ3v) is 3.60. The first kappa shape index (κ1) is 11.0. The maximum absolute atomic E-state index is 11.6. The van der Waals surface area contributed by atoms with Crippen molar-refractivity contribution >= 4 is 22.5 Å². The lowest BCUT2D eigenvalue weighted by Crippen LogP contribution is -2.28. The van der Waals surface area contributed by atoms with Gasteiger partial charge in [0.05, 0.1) is 0 Å². The zero-order valence-electron chi connectivity index (χ0n) is 9.56. The molecule has 3 heterocycles. The monoisotopic (exact) mass is 262 g/mol. The topological polar surface area (TPSA) is 83.5 Å². The predicted octanol–water partition coefficient (Wildman–Crippen LogP) is 0.602. The molecule has 18 heavy (non-hydrogen) atoms. The van der Waals surface area contributed by atoms with Crippen LogP contribution in [0.5, 0.6) is 0 Å². The number of nitrogens with one attached hydrogen (secondary N) is 2. The Labute approximate surface area is 105 Å². The number of imidazole rings is 1. The van der Waals surface area contributed by atoms with E-state index < -0.39 is 11.2 Å². The molecule has 3 aromatic rings. The largest absolute Gasteiger partial charge is 0.336 e. The first-order valence-corrected chi connectivity index (χ1v) is 6.23. The van der Waals surface area contributed by atoms with Crippen molar-refractivity contribution in [2.75, 3.05) is 0 Å². The highest BCUT2D eigenvalue weighted by Gasteiger charge is 2.11. The molecule has 0 aromatic carbocycles. The summed E-state index contributed by atoms with van der Waals surface area (Å²) < 4.78 is 1.32. The molecule has 2 N–H and O–H groups in total. The first-order valence-electron chi connectivity index (χ1n) is 5.35. The van der Waals surface area contributed by atoms with Gasteiger partial charge in [0.15, 0.2) is 5.65 Å². The van der Waals surface area contributed by atoms with Crippen LogP contribution >= 0.6 is 11.3 Å². The second-order valence-electron chi connectivity index (χ2n) is 3.96. The third kappa shape index (κ3) is 1.68. The van der Waals surface area contributed by atoms with Crippen molar-refractivity contribution in [2.45, 2.75) is 6.42 Å². The van der Waals surface area contributed by atoms with Crippen LogP contribution in [0.15, 0.2) is 27.1 Å². The molecular weight excluding hydrogens is 252 g/mol. The summed E-state index contributed by atoms with van der Waals surface area (Å²) in [5.41, 5.74) is -0.168. The molecule has 0 bridgehead atoms. The second-order valence-corrected chi connectivity index (χ2v) is 4.99. The Hall–Kier alpha value is -2.15. The van der Waals surface area contributed by atoms with Crippen LogP contribution in [0, 0.1) is 0 Å². The Balaban J connectivity index is 2.17. The van der Waals surface area contributed by atoms with Gasteiger partial charge in [-0.25, -0.2) is 9.78 Å². The fraction of sp³-hybridized carbons (Fsp3) is 0.182. The summed E-state index contributed by atoms with van der Waals surface area (Å²) in [5, 5.41) is 1.99. The Kier molecular flexibility index (Phi) is 2.41. The zero-order chi connectivity index (χ0) is 12.7. The van der Waals surface area contributed by atoms with Crippen LogP contribution < -0.4 is 11.2 Å². The molecular formula is C11H10N4O2S. The van der Waals surface area contributed by atoms with Gasteiger partial charge in [0, 0.05) is 18.3 Å². The lowest BCUT2D eigenvalue weighted by molar-refractivity contribution is 0.831. The number of aromatic nitrogens is 4. The third-order valence-electron chi connectivity index (χ3n) is 2.73. The van der Waals surface area contributed by atoms with Crippen LogP contribution in [0.3, 0.4) is 0 Å². The number of H-pyrrole nitrogens is 2. The van der Waals surface area contributed by atoms with Gasteiger partial charge in [-0.1, -0.05) is 6.07 Å². The molecule has 0 aliphatic rings. The van der Waals surface area contributed by atoms with Gasteiger partial charge in [-0.15, -0.1) is 11.3 Å². The first-order chi connectivity index (χ1) is 8.65. The highest BCUT2D eigenvalue weighted by Crippen LogP contribution is 2.14. The Bertz CT molecular complexity index is 810. The number of aromatic amines is 2. The van der Waals surface area contributed by atoms with E-state index >= 15 is 0 Å². The quantitative estimate of drug-likeness (QED) is 0.709. The summed E-state index contributed by atoms with van der Waals surface area (Å²) in [4.78, 5) is 33.7. The molecule has 0 saturated carbocycles. The normalized spacial score (nSPS) is 11.2. The number of aryl methyl sites for hydroxylation is 1. The number of fused-ring (bicyclic) bond motifs is 1. The van der Waals surface area contributed by atoms with Crippen molar-refractivity contribution < 1.29 is 0 Å². The van der Waals surface area contributed by atoms with Crippen molar-refractivity contribution in [3.05, 3.63) is 49.1 Å². The Morgan fingerprint density at radius 2 is 2.22 bits per heavy atom. The van der Waals surface area contributed by atoms with Crippen molar-refractivity contribution in [2.24, 2.45) is 7.05 Å². The maximum atomic E-state index is 11.6. The fourth-order valence-corrected chi connectivity index (χ4v) is 2.52. The van der Waals surface area contributed by atoms with Gasteiger partial charge in [0.2, 0.25) is 0 Å². The summed E-state index contributed by atoms with van der Waals surface area (Å²) in [7, 11) is 1.58. The van der Waals surface area contributed by atoms with Crippen molar-refractivity contribution in [1.29, 1.82) is 0 Å². The van der Waals surface area contributed by atoms with E-state index in [2.05, 4.69) is 15.0 Å². The molecule has 0 radical (unpaired) electrons. The lowest BCUT2D eigenvalue weighted by Gasteiger charge is -1.94. The van der Waals surface area contributed by atoms with E-state index in [0.29, 0.717) is 23.4 Å². The smallest absolute Gasteiger partial charge is 0.329 e. The van der Waals surface area contributed by atoms with E-state index in [4.69, 9.17) is 0 Å². The molecule has 0 atom stereocenters. The summed E-state index contributed by atoms with van der Waals surface area (Å²) in [6.07, 6.45) is 0.625. The molecule has 0 saturated heterocycles. The Morgan fingerprint density at radius 1 is 1.39 bits per heavy atom. The molecule has 0 aliphatic heterocycles. The SMILES string of the molecule is Cn1c(=O)[nH]c(=O)c2[nH]c(Cc3cccs3)nc21. The van der Waals surface area contributed by atoms with Crippen molar-refractivity contribution in [1.82, 2.24) is 19.5 Å². The van der Waals surface area contributed by atoms with Gasteiger partial charge in [0.25, 0.3) is 5.56 Å². The van der Waals surface area contributed by atoms with E-state index in [1.54, 1.807) is 18.4 Å².